The Morgan fingerprint density at radius 1 is 1.62 bits per heavy atom. The number of morpholine rings is 1. The van der Waals surface area contributed by atoms with E-state index in [1.165, 1.54) is 0 Å². The summed E-state index contributed by atoms with van der Waals surface area (Å²) in [6, 6.07) is 0.469. The molecule has 2 unspecified atom stereocenters. The second-order valence-electron chi connectivity index (χ2n) is 4.59. The Balaban J connectivity index is 2.33. The van der Waals surface area contributed by atoms with Gasteiger partial charge in [0.15, 0.2) is 0 Å². The van der Waals surface area contributed by atoms with Gasteiger partial charge >= 0.3 is 0 Å². The summed E-state index contributed by atoms with van der Waals surface area (Å²) in [4.78, 5) is 14.0. The van der Waals surface area contributed by atoms with E-state index in [1.54, 1.807) is 0 Å². The molecule has 94 valence electrons. The molecule has 1 fully saturated rings. The Labute approximate surface area is 98.1 Å². The monoisotopic (exact) mass is 228 g/mol. The first-order valence-corrected chi connectivity index (χ1v) is 6.28. The van der Waals surface area contributed by atoms with Crippen LogP contribution >= 0.6 is 0 Å². The molecule has 0 saturated carbocycles. The summed E-state index contributed by atoms with van der Waals surface area (Å²) in [6.45, 7) is 6.19. The SMILES string of the molecule is CCC1COCCN1C(=O)CCCC(C)N. The molecule has 1 heterocycles. The molecule has 0 aromatic heterocycles. The number of amides is 1. The molecule has 0 radical (unpaired) electrons. The zero-order valence-electron chi connectivity index (χ0n) is 10.4. The van der Waals surface area contributed by atoms with Crippen molar-refractivity contribution in [1.29, 1.82) is 0 Å². The summed E-state index contributed by atoms with van der Waals surface area (Å²) in [6.07, 6.45) is 3.41. The van der Waals surface area contributed by atoms with Crippen LogP contribution < -0.4 is 5.73 Å². The van der Waals surface area contributed by atoms with E-state index in [2.05, 4.69) is 6.92 Å². The van der Waals surface area contributed by atoms with Crippen LogP contribution in [0.1, 0.15) is 39.5 Å². The molecule has 4 heteroatoms. The van der Waals surface area contributed by atoms with Crippen molar-refractivity contribution in [2.24, 2.45) is 5.73 Å². The van der Waals surface area contributed by atoms with Crippen LogP contribution in [0.4, 0.5) is 0 Å². The van der Waals surface area contributed by atoms with Gasteiger partial charge in [-0.15, -0.1) is 0 Å². The molecule has 1 aliphatic heterocycles. The summed E-state index contributed by atoms with van der Waals surface area (Å²) in [5.74, 6) is 0.260. The Kier molecular flexibility index (Phi) is 5.77. The van der Waals surface area contributed by atoms with Gasteiger partial charge in [-0.1, -0.05) is 6.92 Å². The van der Waals surface area contributed by atoms with Crippen molar-refractivity contribution in [3.63, 3.8) is 0 Å². The number of hydrogen-bond donors (Lipinski definition) is 1. The van der Waals surface area contributed by atoms with Crippen molar-refractivity contribution in [2.75, 3.05) is 19.8 Å². The Morgan fingerprint density at radius 2 is 2.38 bits per heavy atom. The van der Waals surface area contributed by atoms with Crippen molar-refractivity contribution in [1.82, 2.24) is 4.90 Å². The maximum Gasteiger partial charge on any atom is 0.222 e. The maximum absolute atomic E-state index is 12.0. The van der Waals surface area contributed by atoms with Crippen LogP contribution in [-0.4, -0.2) is 42.6 Å². The highest BCUT2D eigenvalue weighted by molar-refractivity contribution is 5.76. The van der Waals surface area contributed by atoms with E-state index < -0.39 is 0 Å². The molecular formula is C12H24N2O2. The van der Waals surface area contributed by atoms with Gasteiger partial charge in [0.05, 0.1) is 19.3 Å². The highest BCUT2D eigenvalue weighted by Crippen LogP contribution is 2.13. The molecule has 0 aromatic carbocycles. The molecule has 2 N–H and O–H groups in total. The Bertz CT molecular complexity index is 219. The fourth-order valence-corrected chi connectivity index (χ4v) is 2.04. The fraction of sp³-hybridized carbons (Fsp3) is 0.917. The van der Waals surface area contributed by atoms with Gasteiger partial charge in [0.1, 0.15) is 0 Å². The molecule has 0 aliphatic carbocycles. The average molecular weight is 228 g/mol. The fourth-order valence-electron chi connectivity index (χ4n) is 2.04. The number of ether oxygens (including phenoxy) is 1. The van der Waals surface area contributed by atoms with Crippen molar-refractivity contribution >= 4 is 5.91 Å². The molecule has 1 saturated heterocycles. The minimum Gasteiger partial charge on any atom is -0.377 e. The minimum absolute atomic E-state index is 0.194. The second-order valence-corrected chi connectivity index (χ2v) is 4.59. The Morgan fingerprint density at radius 3 is 3.00 bits per heavy atom. The minimum atomic E-state index is 0.194. The van der Waals surface area contributed by atoms with Crippen LogP contribution in [-0.2, 0) is 9.53 Å². The average Bonchev–Trinajstić information content (AvgIpc) is 2.28. The van der Waals surface area contributed by atoms with Crippen LogP contribution in [0.15, 0.2) is 0 Å². The van der Waals surface area contributed by atoms with E-state index in [1.807, 2.05) is 11.8 Å². The van der Waals surface area contributed by atoms with Crippen molar-refractivity contribution in [3.8, 4) is 0 Å². The van der Waals surface area contributed by atoms with E-state index in [0.717, 1.165) is 25.8 Å². The summed E-state index contributed by atoms with van der Waals surface area (Å²) in [5.41, 5.74) is 5.67. The zero-order valence-corrected chi connectivity index (χ0v) is 10.4. The third-order valence-electron chi connectivity index (χ3n) is 3.07. The van der Waals surface area contributed by atoms with E-state index in [-0.39, 0.29) is 18.0 Å². The first-order valence-electron chi connectivity index (χ1n) is 6.28. The zero-order chi connectivity index (χ0) is 12.0. The number of carbonyl (C=O) groups excluding carboxylic acids is 1. The lowest BCUT2D eigenvalue weighted by atomic mass is 10.1. The number of nitrogens with two attached hydrogens (primary N) is 1. The largest absolute Gasteiger partial charge is 0.377 e. The maximum atomic E-state index is 12.0. The van der Waals surface area contributed by atoms with Gasteiger partial charge in [-0.3, -0.25) is 4.79 Å². The summed E-state index contributed by atoms with van der Waals surface area (Å²) in [5, 5.41) is 0. The third kappa shape index (κ3) is 4.10. The van der Waals surface area contributed by atoms with Gasteiger partial charge in [-0.2, -0.15) is 0 Å². The van der Waals surface area contributed by atoms with Crippen LogP contribution in [0.2, 0.25) is 0 Å². The normalized spacial score (nSPS) is 23.2. The molecule has 1 rings (SSSR count). The quantitative estimate of drug-likeness (QED) is 0.767. The van der Waals surface area contributed by atoms with Gasteiger partial charge in [-0.05, 0) is 26.2 Å². The van der Waals surface area contributed by atoms with Gasteiger partial charge in [-0.25, -0.2) is 0 Å². The molecule has 0 bridgehead atoms. The van der Waals surface area contributed by atoms with E-state index >= 15 is 0 Å². The first-order chi connectivity index (χ1) is 7.65. The third-order valence-corrected chi connectivity index (χ3v) is 3.07. The molecule has 4 nitrogen and oxygen atoms in total. The molecule has 0 spiro atoms. The predicted octanol–water partition coefficient (Wildman–Crippen LogP) is 1.14. The summed E-state index contributed by atoms with van der Waals surface area (Å²) >= 11 is 0. The number of hydrogen-bond acceptors (Lipinski definition) is 3. The summed E-state index contributed by atoms with van der Waals surface area (Å²) in [7, 11) is 0. The predicted molar refractivity (Wildman–Crippen MR) is 64.1 cm³/mol. The van der Waals surface area contributed by atoms with E-state index in [9.17, 15) is 4.79 Å². The molecule has 16 heavy (non-hydrogen) atoms. The topological polar surface area (TPSA) is 55.6 Å². The van der Waals surface area contributed by atoms with Crippen LogP contribution in [0, 0.1) is 0 Å². The standard InChI is InChI=1S/C12H24N2O2/c1-3-11-9-16-8-7-14(11)12(15)6-4-5-10(2)13/h10-11H,3-9,13H2,1-2H3. The highest BCUT2D eigenvalue weighted by atomic mass is 16.5. The van der Waals surface area contributed by atoms with Gasteiger partial charge < -0.3 is 15.4 Å². The second kappa shape index (κ2) is 6.86. The number of nitrogens with zero attached hydrogens (tertiary/aromatic N) is 1. The molecule has 2 atom stereocenters. The highest BCUT2D eigenvalue weighted by Gasteiger charge is 2.25. The molecular weight excluding hydrogens is 204 g/mol. The van der Waals surface area contributed by atoms with Gasteiger partial charge in [0, 0.05) is 19.0 Å². The van der Waals surface area contributed by atoms with Gasteiger partial charge in [0.25, 0.3) is 0 Å². The van der Waals surface area contributed by atoms with Crippen LogP contribution in [0.3, 0.4) is 0 Å². The molecule has 1 aliphatic rings. The molecule has 0 aromatic rings. The lowest BCUT2D eigenvalue weighted by Gasteiger charge is -2.35. The lowest BCUT2D eigenvalue weighted by Crippen LogP contribution is -2.48. The first kappa shape index (κ1) is 13.5. The van der Waals surface area contributed by atoms with E-state index in [4.69, 9.17) is 10.5 Å². The van der Waals surface area contributed by atoms with Crippen molar-refractivity contribution in [3.05, 3.63) is 0 Å². The van der Waals surface area contributed by atoms with Crippen LogP contribution in [0.5, 0.6) is 0 Å². The van der Waals surface area contributed by atoms with E-state index in [0.29, 0.717) is 19.6 Å². The smallest absolute Gasteiger partial charge is 0.222 e. The van der Waals surface area contributed by atoms with Crippen LogP contribution in [0.25, 0.3) is 0 Å². The number of carbonyl (C=O) groups is 1. The van der Waals surface area contributed by atoms with Gasteiger partial charge in [0.2, 0.25) is 5.91 Å². The lowest BCUT2D eigenvalue weighted by molar-refractivity contribution is -0.140. The molecule has 1 amide bonds. The van der Waals surface area contributed by atoms with Crippen molar-refractivity contribution in [2.45, 2.75) is 51.6 Å². The van der Waals surface area contributed by atoms with Crippen molar-refractivity contribution < 1.29 is 9.53 Å². The Hall–Kier alpha value is -0.610. The number of rotatable bonds is 5. The summed E-state index contributed by atoms with van der Waals surface area (Å²) < 4.78 is 5.38.